The molecule has 2 rings (SSSR count). The second-order valence-corrected chi connectivity index (χ2v) is 4.88. The summed E-state index contributed by atoms with van der Waals surface area (Å²) in [6.45, 7) is 9.07. The zero-order valence-corrected chi connectivity index (χ0v) is 11.4. The lowest BCUT2D eigenvalue weighted by Gasteiger charge is -2.14. The lowest BCUT2D eigenvalue weighted by atomic mass is 10.0. The highest BCUT2D eigenvalue weighted by atomic mass is 16.5. The summed E-state index contributed by atoms with van der Waals surface area (Å²) in [5, 5.41) is 7.32. The first-order valence-corrected chi connectivity index (χ1v) is 6.29. The second-order valence-electron chi connectivity index (χ2n) is 4.88. The fourth-order valence-corrected chi connectivity index (χ4v) is 1.91. The minimum absolute atomic E-state index is 0.301. The Kier molecular flexibility index (Phi) is 3.82. The number of hydrogen-bond donors (Lipinski definition) is 1. The van der Waals surface area contributed by atoms with Crippen LogP contribution in [0, 0.1) is 20.8 Å². The quantitative estimate of drug-likeness (QED) is 0.895. The van der Waals surface area contributed by atoms with Gasteiger partial charge in [0, 0.05) is 12.1 Å². The molecular weight excluding hydrogens is 224 g/mol. The van der Waals surface area contributed by atoms with Crippen molar-refractivity contribution in [3.8, 4) is 0 Å². The Labute approximate surface area is 108 Å². The third-order valence-electron chi connectivity index (χ3n) is 3.29. The molecule has 0 aliphatic carbocycles. The Morgan fingerprint density at radius 2 is 1.94 bits per heavy atom. The maximum Gasteiger partial charge on any atom is 0.150 e. The van der Waals surface area contributed by atoms with Crippen LogP contribution >= 0.6 is 0 Å². The lowest BCUT2D eigenvalue weighted by Crippen LogP contribution is -2.17. The highest BCUT2D eigenvalue weighted by molar-refractivity contribution is 5.31. The Hall–Kier alpha value is -1.61. The lowest BCUT2D eigenvalue weighted by molar-refractivity contribution is 0.363. The average molecular weight is 244 g/mol. The minimum Gasteiger partial charge on any atom is -0.360 e. The number of rotatable bonds is 4. The van der Waals surface area contributed by atoms with E-state index in [4.69, 9.17) is 4.52 Å². The summed E-state index contributed by atoms with van der Waals surface area (Å²) in [5.41, 5.74) is 4.88. The van der Waals surface area contributed by atoms with Crippen molar-refractivity contribution in [2.24, 2.45) is 0 Å². The van der Waals surface area contributed by atoms with Gasteiger partial charge in [-0.25, -0.2) is 0 Å². The van der Waals surface area contributed by atoms with Gasteiger partial charge in [0.25, 0.3) is 0 Å². The molecule has 0 spiro atoms. The third kappa shape index (κ3) is 2.99. The van der Waals surface area contributed by atoms with E-state index < -0.39 is 0 Å². The highest BCUT2D eigenvalue weighted by Crippen LogP contribution is 2.17. The predicted molar refractivity (Wildman–Crippen MR) is 72.4 cm³/mol. The van der Waals surface area contributed by atoms with Crippen LogP contribution in [0.3, 0.4) is 0 Å². The van der Waals surface area contributed by atoms with Crippen LogP contribution in [-0.4, -0.2) is 5.16 Å². The highest BCUT2D eigenvalue weighted by Gasteiger charge is 2.07. The van der Waals surface area contributed by atoms with Crippen molar-refractivity contribution in [1.82, 2.24) is 10.5 Å². The van der Waals surface area contributed by atoms with Gasteiger partial charge in [-0.05, 0) is 44.4 Å². The number of aryl methyl sites for hydroxylation is 3. The first kappa shape index (κ1) is 12.8. The first-order chi connectivity index (χ1) is 8.56. The van der Waals surface area contributed by atoms with Crippen molar-refractivity contribution in [2.75, 3.05) is 0 Å². The summed E-state index contributed by atoms with van der Waals surface area (Å²) in [6.07, 6.45) is 0. The molecule has 18 heavy (non-hydrogen) atoms. The predicted octanol–water partition coefficient (Wildman–Crippen LogP) is 3.45. The van der Waals surface area contributed by atoms with Crippen LogP contribution in [0.25, 0.3) is 0 Å². The summed E-state index contributed by atoms with van der Waals surface area (Å²) in [7, 11) is 0. The average Bonchev–Trinajstić information content (AvgIpc) is 2.75. The van der Waals surface area contributed by atoms with Crippen LogP contribution in [-0.2, 0) is 6.54 Å². The zero-order valence-electron chi connectivity index (χ0n) is 11.4. The molecule has 2 aromatic rings. The van der Waals surface area contributed by atoms with E-state index in [1.807, 2.05) is 13.0 Å². The van der Waals surface area contributed by atoms with E-state index in [1.165, 1.54) is 16.7 Å². The van der Waals surface area contributed by atoms with Crippen molar-refractivity contribution in [1.29, 1.82) is 0 Å². The number of nitrogens with one attached hydrogen (secondary N) is 1. The van der Waals surface area contributed by atoms with Crippen LogP contribution in [0.1, 0.15) is 41.1 Å². The first-order valence-electron chi connectivity index (χ1n) is 6.29. The molecule has 0 aliphatic heterocycles. The van der Waals surface area contributed by atoms with E-state index in [1.54, 1.807) is 0 Å². The molecule has 0 aliphatic rings. The molecule has 1 aromatic heterocycles. The van der Waals surface area contributed by atoms with Gasteiger partial charge in [0.15, 0.2) is 5.76 Å². The third-order valence-corrected chi connectivity index (χ3v) is 3.29. The fraction of sp³-hybridized carbons (Fsp3) is 0.400. The summed E-state index contributed by atoms with van der Waals surface area (Å²) in [6, 6.07) is 8.83. The Bertz CT molecular complexity index is 531. The molecule has 0 saturated heterocycles. The summed E-state index contributed by atoms with van der Waals surface area (Å²) >= 11 is 0. The topological polar surface area (TPSA) is 38.1 Å². The molecule has 0 radical (unpaired) electrons. The van der Waals surface area contributed by atoms with Gasteiger partial charge < -0.3 is 9.84 Å². The zero-order chi connectivity index (χ0) is 13.1. The molecule has 96 valence electrons. The molecule has 0 saturated carbocycles. The van der Waals surface area contributed by atoms with Crippen LogP contribution in [0.2, 0.25) is 0 Å². The standard InChI is InChI=1S/C15H20N2O/c1-10-5-6-14(7-11(10)2)13(4)16-9-15-8-12(3)17-18-15/h5-8,13,16H,9H2,1-4H3. The molecule has 1 unspecified atom stereocenters. The van der Waals surface area contributed by atoms with Crippen LogP contribution < -0.4 is 5.32 Å². The Morgan fingerprint density at radius 1 is 1.17 bits per heavy atom. The normalized spacial score (nSPS) is 12.7. The van der Waals surface area contributed by atoms with Gasteiger partial charge in [-0.15, -0.1) is 0 Å². The van der Waals surface area contributed by atoms with E-state index in [0.29, 0.717) is 12.6 Å². The Morgan fingerprint density at radius 3 is 2.56 bits per heavy atom. The van der Waals surface area contributed by atoms with Crippen molar-refractivity contribution in [2.45, 2.75) is 40.3 Å². The second kappa shape index (κ2) is 5.36. The van der Waals surface area contributed by atoms with Gasteiger partial charge in [0.1, 0.15) is 0 Å². The molecule has 1 N–H and O–H groups in total. The van der Waals surface area contributed by atoms with Crippen molar-refractivity contribution < 1.29 is 4.52 Å². The number of benzene rings is 1. The molecule has 0 fully saturated rings. The van der Waals surface area contributed by atoms with Crippen molar-refractivity contribution >= 4 is 0 Å². The molecule has 0 bridgehead atoms. The van der Waals surface area contributed by atoms with Gasteiger partial charge in [-0.1, -0.05) is 23.4 Å². The number of nitrogens with zero attached hydrogens (tertiary/aromatic N) is 1. The monoisotopic (exact) mass is 244 g/mol. The van der Waals surface area contributed by atoms with Crippen molar-refractivity contribution in [3.63, 3.8) is 0 Å². The molecule has 1 aromatic carbocycles. The van der Waals surface area contributed by atoms with Gasteiger partial charge in [-0.3, -0.25) is 0 Å². The number of aromatic nitrogens is 1. The van der Waals surface area contributed by atoms with Crippen LogP contribution in [0.4, 0.5) is 0 Å². The van der Waals surface area contributed by atoms with E-state index in [9.17, 15) is 0 Å². The summed E-state index contributed by atoms with van der Waals surface area (Å²) < 4.78 is 5.18. The molecule has 3 heteroatoms. The SMILES string of the molecule is Cc1cc(CNC(C)c2ccc(C)c(C)c2)on1. The molecule has 1 atom stereocenters. The maximum atomic E-state index is 5.18. The smallest absolute Gasteiger partial charge is 0.150 e. The maximum absolute atomic E-state index is 5.18. The van der Waals surface area contributed by atoms with E-state index in [-0.39, 0.29) is 0 Å². The molecule has 0 amide bonds. The summed E-state index contributed by atoms with van der Waals surface area (Å²) in [4.78, 5) is 0. The van der Waals surface area contributed by atoms with Gasteiger partial charge >= 0.3 is 0 Å². The van der Waals surface area contributed by atoms with E-state index >= 15 is 0 Å². The van der Waals surface area contributed by atoms with Crippen LogP contribution in [0.5, 0.6) is 0 Å². The van der Waals surface area contributed by atoms with Crippen LogP contribution in [0.15, 0.2) is 28.8 Å². The molecular formula is C15H20N2O. The summed E-state index contributed by atoms with van der Waals surface area (Å²) in [5.74, 6) is 0.878. The number of hydrogen-bond acceptors (Lipinski definition) is 3. The van der Waals surface area contributed by atoms with E-state index in [0.717, 1.165) is 11.5 Å². The van der Waals surface area contributed by atoms with Gasteiger partial charge in [0.2, 0.25) is 0 Å². The fourth-order valence-electron chi connectivity index (χ4n) is 1.91. The molecule has 3 nitrogen and oxygen atoms in total. The van der Waals surface area contributed by atoms with Crippen molar-refractivity contribution in [3.05, 3.63) is 52.4 Å². The minimum atomic E-state index is 0.301. The van der Waals surface area contributed by atoms with E-state index in [2.05, 4.69) is 49.4 Å². The van der Waals surface area contributed by atoms with Gasteiger partial charge in [-0.2, -0.15) is 0 Å². The molecule has 1 heterocycles. The van der Waals surface area contributed by atoms with Gasteiger partial charge in [0.05, 0.1) is 12.2 Å². The Balaban J connectivity index is 1.99. The largest absolute Gasteiger partial charge is 0.360 e.